The lowest BCUT2D eigenvalue weighted by Crippen LogP contribution is -2.35. The largest absolute Gasteiger partial charge is 0.468 e. The van der Waals surface area contributed by atoms with Gasteiger partial charge in [-0.2, -0.15) is 0 Å². The molecule has 0 aromatic carbocycles. The summed E-state index contributed by atoms with van der Waals surface area (Å²) in [6.07, 6.45) is 0. The maximum absolute atomic E-state index is 11.4. The quantitative estimate of drug-likeness (QED) is 0.780. The lowest BCUT2D eigenvalue weighted by molar-refractivity contribution is -0.142. The Kier molecular flexibility index (Phi) is 5.50. The van der Waals surface area contributed by atoms with Crippen molar-refractivity contribution in [2.45, 2.75) is 52.6 Å². The molecule has 108 valence electrons. The lowest BCUT2D eigenvalue weighted by Gasteiger charge is -2.24. The van der Waals surface area contributed by atoms with Crippen LogP contribution >= 0.6 is 11.3 Å². The lowest BCUT2D eigenvalue weighted by atomic mass is 9.98. The molecule has 4 nitrogen and oxygen atoms in total. The highest BCUT2D eigenvalue weighted by atomic mass is 32.1. The van der Waals surface area contributed by atoms with E-state index in [4.69, 9.17) is 4.74 Å². The summed E-state index contributed by atoms with van der Waals surface area (Å²) in [6.45, 7) is 11.6. The Labute approximate surface area is 119 Å². The van der Waals surface area contributed by atoms with Crippen molar-refractivity contribution in [2.75, 3.05) is 13.7 Å². The monoisotopic (exact) mass is 284 g/mol. The second-order valence-electron chi connectivity index (χ2n) is 5.97. The van der Waals surface area contributed by atoms with Crippen molar-refractivity contribution in [3.05, 3.63) is 16.1 Å². The van der Waals surface area contributed by atoms with E-state index in [9.17, 15) is 4.79 Å². The number of aromatic nitrogens is 1. The minimum absolute atomic E-state index is 0.0773. The molecule has 1 rings (SSSR count). The average Bonchev–Trinajstić information content (AvgIpc) is 2.76. The Balaban J connectivity index is 2.74. The summed E-state index contributed by atoms with van der Waals surface area (Å²) in [4.78, 5) is 18.1. The Morgan fingerprint density at radius 2 is 2.11 bits per heavy atom. The molecule has 5 heteroatoms. The summed E-state index contributed by atoms with van der Waals surface area (Å²) in [5.41, 5.74) is 1.10. The van der Waals surface area contributed by atoms with Gasteiger partial charge >= 0.3 is 5.97 Å². The van der Waals surface area contributed by atoms with E-state index < -0.39 is 0 Å². The molecule has 0 saturated carbocycles. The molecule has 0 unspecified atom stereocenters. The number of ether oxygens (including phenoxy) is 1. The molecule has 0 amide bonds. The minimum atomic E-state index is -0.208. The van der Waals surface area contributed by atoms with Gasteiger partial charge in [0.2, 0.25) is 0 Å². The molecule has 1 heterocycles. The van der Waals surface area contributed by atoms with Crippen molar-refractivity contribution in [3.8, 4) is 0 Å². The minimum Gasteiger partial charge on any atom is -0.468 e. The van der Waals surface area contributed by atoms with Crippen LogP contribution in [0.5, 0.6) is 0 Å². The number of rotatable bonds is 5. The van der Waals surface area contributed by atoms with Gasteiger partial charge in [0.05, 0.1) is 24.4 Å². The van der Waals surface area contributed by atoms with Crippen molar-refractivity contribution in [1.29, 1.82) is 0 Å². The van der Waals surface area contributed by atoms with Crippen molar-refractivity contribution in [1.82, 2.24) is 9.88 Å². The molecule has 0 spiro atoms. The van der Waals surface area contributed by atoms with Crippen LogP contribution in [0.2, 0.25) is 0 Å². The smallest absolute Gasteiger partial charge is 0.319 e. The SMILES string of the molecule is COC(=O)CN(Cc1csc(C(C)(C)C)n1)C(C)C. The maximum Gasteiger partial charge on any atom is 0.319 e. The number of hydrogen-bond donors (Lipinski definition) is 0. The van der Waals surface area contributed by atoms with Crippen LogP contribution in [0, 0.1) is 0 Å². The summed E-state index contributed by atoms with van der Waals surface area (Å²) < 4.78 is 4.73. The van der Waals surface area contributed by atoms with Crippen LogP contribution in [0.4, 0.5) is 0 Å². The van der Waals surface area contributed by atoms with E-state index in [0.717, 1.165) is 10.7 Å². The second-order valence-corrected chi connectivity index (χ2v) is 6.83. The first-order valence-electron chi connectivity index (χ1n) is 6.49. The van der Waals surface area contributed by atoms with Crippen LogP contribution in [-0.4, -0.2) is 35.5 Å². The molecular formula is C14H24N2O2S. The van der Waals surface area contributed by atoms with Gasteiger partial charge in [0.15, 0.2) is 0 Å². The van der Waals surface area contributed by atoms with Crippen molar-refractivity contribution in [3.63, 3.8) is 0 Å². The van der Waals surface area contributed by atoms with Gasteiger partial charge < -0.3 is 4.74 Å². The summed E-state index contributed by atoms with van der Waals surface area (Å²) in [5.74, 6) is -0.208. The molecular weight excluding hydrogens is 260 g/mol. The van der Waals surface area contributed by atoms with Crippen LogP contribution in [0.15, 0.2) is 5.38 Å². The van der Waals surface area contributed by atoms with Crippen LogP contribution in [0.25, 0.3) is 0 Å². The summed E-state index contributed by atoms with van der Waals surface area (Å²) in [7, 11) is 1.42. The molecule has 19 heavy (non-hydrogen) atoms. The zero-order valence-electron chi connectivity index (χ0n) is 12.7. The summed E-state index contributed by atoms with van der Waals surface area (Å²) >= 11 is 1.68. The molecule has 1 aromatic rings. The van der Waals surface area contributed by atoms with E-state index in [1.54, 1.807) is 11.3 Å². The van der Waals surface area contributed by atoms with E-state index in [2.05, 4.69) is 49.9 Å². The topological polar surface area (TPSA) is 42.4 Å². The van der Waals surface area contributed by atoms with E-state index in [0.29, 0.717) is 13.1 Å². The fraction of sp³-hybridized carbons (Fsp3) is 0.714. The third-order valence-electron chi connectivity index (χ3n) is 2.85. The molecule has 0 N–H and O–H groups in total. The predicted octanol–water partition coefficient (Wildman–Crippen LogP) is 2.82. The van der Waals surface area contributed by atoms with E-state index >= 15 is 0 Å². The van der Waals surface area contributed by atoms with Crippen LogP contribution in [0.1, 0.15) is 45.3 Å². The first-order chi connectivity index (χ1) is 8.74. The number of hydrogen-bond acceptors (Lipinski definition) is 5. The van der Waals surface area contributed by atoms with Gasteiger partial charge in [-0.3, -0.25) is 9.69 Å². The fourth-order valence-electron chi connectivity index (χ4n) is 1.58. The van der Waals surface area contributed by atoms with Crippen molar-refractivity contribution in [2.24, 2.45) is 0 Å². The van der Waals surface area contributed by atoms with E-state index in [1.807, 2.05) is 0 Å². The van der Waals surface area contributed by atoms with Gasteiger partial charge in [-0.05, 0) is 13.8 Å². The Morgan fingerprint density at radius 1 is 1.47 bits per heavy atom. The third-order valence-corrected chi connectivity index (χ3v) is 4.17. The number of methoxy groups -OCH3 is 1. The predicted molar refractivity (Wildman–Crippen MR) is 78.4 cm³/mol. The zero-order chi connectivity index (χ0) is 14.6. The molecule has 0 aliphatic heterocycles. The molecule has 1 aromatic heterocycles. The second kappa shape index (κ2) is 6.48. The molecule has 0 bridgehead atoms. The third kappa shape index (κ3) is 4.91. The van der Waals surface area contributed by atoms with Crippen molar-refractivity contribution >= 4 is 17.3 Å². The van der Waals surface area contributed by atoms with Crippen LogP contribution in [0.3, 0.4) is 0 Å². The van der Waals surface area contributed by atoms with Gasteiger partial charge in [0, 0.05) is 23.4 Å². The highest BCUT2D eigenvalue weighted by Crippen LogP contribution is 2.26. The molecule has 0 radical (unpaired) electrons. The molecule has 0 fully saturated rings. The first kappa shape index (κ1) is 16.1. The number of carbonyl (C=O) groups excluding carboxylic acids is 1. The highest BCUT2D eigenvalue weighted by molar-refractivity contribution is 7.09. The molecule has 0 atom stereocenters. The average molecular weight is 284 g/mol. The number of nitrogens with zero attached hydrogens (tertiary/aromatic N) is 2. The van der Waals surface area contributed by atoms with Gasteiger partial charge in [-0.15, -0.1) is 11.3 Å². The summed E-state index contributed by atoms with van der Waals surface area (Å²) in [5, 5.41) is 3.21. The molecule has 0 aliphatic rings. The van der Waals surface area contributed by atoms with Crippen LogP contribution < -0.4 is 0 Å². The van der Waals surface area contributed by atoms with Gasteiger partial charge in [-0.25, -0.2) is 4.98 Å². The van der Waals surface area contributed by atoms with E-state index in [-0.39, 0.29) is 17.4 Å². The van der Waals surface area contributed by atoms with Gasteiger partial charge in [-0.1, -0.05) is 20.8 Å². The van der Waals surface area contributed by atoms with Gasteiger partial charge in [0.25, 0.3) is 0 Å². The van der Waals surface area contributed by atoms with Gasteiger partial charge in [0.1, 0.15) is 0 Å². The molecule has 0 saturated heterocycles. The zero-order valence-corrected chi connectivity index (χ0v) is 13.5. The first-order valence-corrected chi connectivity index (χ1v) is 7.37. The fourth-order valence-corrected chi connectivity index (χ4v) is 2.48. The van der Waals surface area contributed by atoms with E-state index in [1.165, 1.54) is 7.11 Å². The Bertz CT molecular complexity index is 421. The Hall–Kier alpha value is -0.940. The normalized spacial score (nSPS) is 12.2. The number of carbonyl (C=O) groups is 1. The Morgan fingerprint density at radius 3 is 2.53 bits per heavy atom. The standard InChI is InChI=1S/C14H24N2O2S/c1-10(2)16(8-12(17)18-6)7-11-9-19-13(15-11)14(3,4)5/h9-10H,7-8H2,1-6H3. The van der Waals surface area contributed by atoms with Crippen LogP contribution in [-0.2, 0) is 21.5 Å². The summed E-state index contributed by atoms with van der Waals surface area (Å²) in [6, 6.07) is 0.277. The maximum atomic E-state index is 11.4. The number of thiazole rings is 1. The highest BCUT2D eigenvalue weighted by Gasteiger charge is 2.20. The number of esters is 1. The molecule has 0 aliphatic carbocycles. The van der Waals surface area contributed by atoms with Crippen molar-refractivity contribution < 1.29 is 9.53 Å².